The van der Waals surface area contributed by atoms with Crippen LogP contribution in [-0.4, -0.2) is 22.1 Å². The third-order valence-electron chi connectivity index (χ3n) is 3.28. The van der Waals surface area contributed by atoms with Gasteiger partial charge in [0, 0.05) is 12.6 Å². The third kappa shape index (κ3) is 3.41. The summed E-state index contributed by atoms with van der Waals surface area (Å²) in [6.45, 7) is 6.05. The van der Waals surface area contributed by atoms with E-state index in [9.17, 15) is 4.79 Å². The zero-order valence-electron chi connectivity index (χ0n) is 11.6. The minimum absolute atomic E-state index is 0.0265. The van der Waals surface area contributed by atoms with Crippen LogP contribution < -0.4 is 10.9 Å². The maximum Gasteiger partial charge on any atom is 0.269 e. The Morgan fingerprint density at radius 2 is 2.16 bits per heavy atom. The summed E-state index contributed by atoms with van der Waals surface area (Å²) in [4.78, 5) is 16.1. The third-order valence-corrected chi connectivity index (χ3v) is 3.28. The molecule has 102 valence electrons. The van der Waals surface area contributed by atoms with E-state index in [2.05, 4.69) is 24.1 Å². The van der Waals surface area contributed by atoms with E-state index in [1.54, 1.807) is 0 Å². The molecule has 0 spiro atoms. The highest BCUT2D eigenvalue weighted by atomic mass is 16.1. The fourth-order valence-corrected chi connectivity index (χ4v) is 2.16. The number of rotatable bonds is 6. The Bertz CT molecular complexity index is 591. The molecular formula is C15H21N3O. The molecule has 4 heteroatoms. The molecule has 0 saturated carbocycles. The van der Waals surface area contributed by atoms with E-state index in [0.717, 1.165) is 37.0 Å². The first-order chi connectivity index (χ1) is 9.22. The van der Waals surface area contributed by atoms with Gasteiger partial charge in [-0.1, -0.05) is 19.1 Å². The summed E-state index contributed by atoms with van der Waals surface area (Å²) >= 11 is 0. The van der Waals surface area contributed by atoms with E-state index < -0.39 is 0 Å². The van der Waals surface area contributed by atoms with Crippen molar-refractivity contribution in [3.05, 3.63) is 40.8 Å². The van der Waals surface area contributed by atoms with Crippen LogP contribution >= 0.6 is 0 Å². The van der Waals surface area contributed by atoms with E-state index in [0.29, 0.717) is 6.04 Å². The van der Waals surface area contributed by atoms with Crippen LogP contribution in [0, 0.1) is 0 Å². The van der Waals surface area contributed by atoms with Gasteiger partial charge in [-0.15, -0.1) is 0 Å². The van der Waals surface area contributed by atoms with Crippen molar-refractivity contribution in [2.24, 2.45) is 0 Å². The molecule has 2 aromatic rings. The lowest BCUT2D eigenvalue weighted by Crippen LogP contribution is -2.30. The minimum Gasteiger partial charge on any atom is -0.314 e. The molecule has 0 bridgehead atoms. The number of hydrogen-bond acceptors (Lipinski definition) is 3. The van der Waals surface area contributed by atoms with Crippen molar-refractivity contribution in [1.29, 1.82) is 0 Å². The van der Waals surface area contributed by atoms with Crippen LogP contribution in [0.25, 0.3) is 11.0 Å². The number of aromatic nitrogens is 2. The van der Waals surface area contributed by atoms with Crippen LogP contribution in [0.15, 0.2) is 35.3 Å². The summed E-state index contributed by atoms with van der Waals surface area (Å²) in [5.41, 5.74) is 1.76. The van der Waals surface area contributed by atoms with Crippen molar-refractivity contribution in [2.45, 2.75) is 39.3 Å². The predicted molar refractivity (Wildman–Crippen MR) is 78.4 cm³/mol. The molecule has 4 nitrogen and oxygen atoms in total. The maximum atomic E-state index is 11.9. The van der Waals surface area contributed by atoms with Crippen LogP contribution in [0.5, 0.6) is 0 Å². The first-order valence-corrected chi connectivity index (χ1v) is 6.90. The van der Waals surface area contributed by atoms with E-state index >= 15 is 0 Å². The standard InChI is InChI=1S/C15H21N3O/c1-3-9-16-12(2)8-10-18-14-7-5-4-6-13(14)17-11-15(18)19/h4-7,11-12,16H,3,8-10H2,1-2H3. The second-order valence-electron chi connectivity index (χ2n) is 4.88. The van der Waals surface area contributed by atoms with Crippen LogP contribution in [0.4, 0.5) is 0 Å². The van der Waals surface area contributed by atoms with Crippen LogP contribution in [0.2, 0.25) is 0 Å². The topological polar surface area (TPSA) is 46.9 Å². The van der Waals surface area contributed by atoms with E-state index in [-0.39, 0.29) is 5.56 Å². The molecule has 0 aliphatic rings. The number of nitrogens with one attached hydrogen (secondary N) is 1. The lowest BCUT2D eigenvalue weighted by molar-refractivity contribution is 0.476. The number of hydrogen-bond donors (Lipinski definition) is 1. The zero-order valence-corrected chi connectivity index (χ0v) is 11.6. The lowest BCUT2D eigenvalue weighted by atomic mass is 10.2. The molecule has 0 radical (unpaired) electrons. The van der Waals surface area contributed by atoms with Crippen molar-refractivity contribution in [2.75, 3.05) is 6.54 Å². The van der Waals surface area contributed by atoms with E-state index in [1.165, 1.54) is 6.20 Å². The summed E-state index contributed by atoms with van der Waals surface area (Å²) < 4.78 is 1.81. The van der Waals surface area contributed by atoms with Crippen molar-refractivity contribution in [3.63, 3.8) is 0 Å². The highest BCUT2D eigenvalue weighted by molar-refractivity contribution is 5.74. The molecule has 1 heterocycles. The van der Waals surface area contributed by atoms with Gasteiger partial charge in [-0.25, -0.2) is 4.98 Å². The Kier molecular flexibility index (Phi) is 4.68. The summed E-state index contributed by atoms with van der Waals surface area (Å²) in [6.07, 6.45) is 3.48. The number of benzene rings is 1. The Hall–Kier alpha value is -1.68. The zero-order chi connectivity index (χ0) is 13.7. The average molecular weight is 259 g/mol. The highest BCUT2D eigenvalue weighted by Gasteiger charge is 2.06. The highest BCUT2D eigenvalue weighted by Crippen LogP contribution is 2.09. The number of para-hydroxylation sites is 2. The van der Waals surface area contributed by atoms with Crippen molar-refractivity contribution >= 4 is 11.0 Å². The maximum absolute atomic E-state index is 11.9. The summed E-state index contributed by atoms with van der Waals surface area (Å²) in [6, 6.07) is 8.19. The molecule has 1 N–H and O–H groups in total. The van der Waals surface area contributed by atoms with Gasteiger partial charge in [0.25, 0.3) is 5.56 Å². The molecule has 19 heavy (non-hydrogen) atoms. The molecule has 1 atom stereocenters. The molecule has 1 aromatic carbocycles. The first kappa shape index (κ1) is 13.7. The SMILES string of the molecule is CCCNC(C)CCn1c(=O)cnc2ccccc21. The van der Waals surface area contributed by atoms with Crippen LogP contribution in [0.1, 0.15) is 26.7 Å². The van der Waals surface area contributed by atoms with Gasteiger partial charge in [0.15, 0.2) is 0 Å². The molecule has 0 aliphatic carbocycles. The molecule has 0 aliphatic heterocycles. The van der Waals surface area contributed by atoms with Crippen molar-refractivity contribution in [3.8, 4) is 0 Å². The second kappa shape index (κ2) is 6.48. The van der Waals surface area contributed by atoms with Gasteiger partial charge < -0.3 is 9.88 Å². The Balaban J connectivity index is 2.16. The molecular weight excluding hydrogens is 238 g/mol. The molecule has 2 rings (SSSR count). The fourth-order valence-electron chi connectivity index (χ4n) is 2.16. The molecule has 1 aromatic heterocycles. The molecule has 1 unspecified atom stereocenters. The normalized spacial score (nSPS) is 12.7. The summed E-state index contributed by atoms with van der Waals surface area (Å²) in [5, 5.41) is 3.44. The van der Waals surface area contributed by atoms with Gasteiger partial charge in [-0.3, -0.25) is 4.79 Å². The summed E-state index contributed by atoms with van der Waals surface area (Å²) in [7, 11) is 0. The minimum atomic E-state index is -0.0265. The van der Waals surface area contributed by atoms with Gasteiger partial charge in [0.1, 0.15) is 0 Å². The predicted octanol–water partition coefficient (Wildman–Crippen LogP) is 2.17. The van der Waals surface area contributed by atoms with Gasteiger partial charge >= 0.3 is 0 Å². The second-order valence-corrected chi connectivity index (χ2v) is 4.88. The van der Waals surface area contributed by atoms with Crippen molar-refractivity contribution < 1.29 is 0 Å². The van der Waals surface area contributed by atoms with E-state index in [1.807, 2.05) is 28.8 Å². The lowest BCUT2D eigenvalue weighted by Gasteiger charge is -2.15. The largest absolute Gasteiger partial charge is 0.314 e. The van der Waals surface area contributed by atoms with E-state index in [4.69, 9.17) is 0 Å². The number of fused-ring (bicyclic) bond motifs is 1. The summed E-state index contributed by atoms with van der Waals surface area (Å²) in [5.74, 6) is 0. The first-order valence-electron chi connectivity index (χ1n) is 6.90. The molecule has 0 fully saturated rings. The van der Waals surface area contributed by atoms with Gasteiger partial charge in [0.05, 0.1) is 17.2 Å². The average Bonchev–Trinajstić information content (AvgIpc) is 2.44. The quantitative estimate of drug-likeness (QED) is 0.865. The number of nitrogens with zero attached hydrogens (tertiary/aromatic N) is 2. The number of aryl methyl sites for hydroxylation is 1. The van der Waals surface area contributed by atoms with Gasteiger partial charge in [-0.2, -0.15) is 0 Å². The van der Waals surface area contributed by atoms with Crippen molar-refractivity contribution in [1.82, 2.24) is 14.9 Å². The van der Waals surface area contributed by atoms with Gasteiger partial charge in [0.2, 0.25) is 0 Å². The molecule has 0 saturated heterocycles. The Morgan fingerprint density at radius 1 is 1.37 bits per heavy atom. The van der Waals surface area contributed by atoms with Crippen LogP contribution in [0.3, 0.4) is 0 Å². The van der Waals surface area contributed by atoms with Crippen LogP contribution in [-0.2, 0) is 6.54 Å². The Labute approximate surface area is 113 Å². The Morgan fingerprint density at radius 3 is 2.95 bits per heavy atom. The fraction of sp³-hybridized carbons (Fsp3) is 0.467. The molecule has 0 amide bonds. The monoisotopic (exact) mass is 259 g/mol. The van der Waals surface area contributed by atoms with Gasteiger partial charge in [-0.05, 0) is 38.4 Å². The smallest absolute Gasteiger partial charge is 0.269 e.